The van der Waals surface area contributed by atoms with Crippen molar-refractivity contribution in [3.63, 3.8) is 0 Å². The summed E-state index contributed by atoms with van der Waals surface area (Å²) in [5.41, 5.74) is 0. The van der Waals surface area contributed by atoms with Crippen LogP contribution >= 0.6 is 0 Å². The lowest BCUT2D eigenvalue weighted by atomic mass is 10.4. The number of sulfonamides is 1. The monoisotopic (exact) mass is 209 g/mol. The topological polar surface area (TPSA) is 83.5 Å². The molecule has 2 N–H and O–H groups in total. The summed E-state index contributed by atoms with van der Waals surface area (Å²) in [4.78, 5) is 10.4. The third-order valence-corrected chi connectivity index (χ3v) is 3.89. The van der Waals surface area contributed by atoms with Gasteiger partial charge in [-0.1, -0.05) is 6.92 Å². The summed E-state index contributed by atoms with van der Waals surface area (Å²) in [5, 5.41) is 7.91. The average molecular weight is 209 g/mol. The molecule has 0 heterocycles. The van der Waals surface area contributed by atoms with E-state index < -0.39 is 27.3 Å². The average Bonchev–Trinajstić information content (AvgIpc) is 2.01. The van der Waals surface area contributed by atoms with Crippen LogP contribution in [0.25, 0.3) is 0 Å². The Morgan fingerprint density at radius 2 is 1.92 bits per heavy atom. The van der Waals surface area contributed by atoms with Crippen LogP contribution in [0.3, 0.4) is 0 Å². The van der Waals surface area contributed by atoms with Crippen molar-refractivity contribution < 1.29 is 18.3 Å². The second-order valence-corrected chi connectivity index (χ2v) is 5.07. The Balaban J connectivity index is 4.43. The van der Waals surface area contributed by atoms with Crippen LogP contribution in [0, 0.1) is 0 Å². The molecule has 0 saturated heterocycles. The van der Waals surface area contributed by atoms with Crippen molar-refractivity contribution in [3.8, 4) is 0 Å². The molecule has 0 aliphatic carbocycles. The number of carboxylic acids is 1. The second-order valence-electron chi connectivity index (χ2n) is 2.94. The fourth-order valence-corrected chi connectivity index (χ4v) is 1.90. The Morgan fingerprint density at radius 3 is 2.23 bits per heavy atom. The smallest absolute Gasteiger partial charge is 0.321 e. The summed E-state index contributed by atoms with van der Waals surface area (Å²) in [5.74, 6) is -1.17. The maximum atomic E-state index is 11.3. The summed E-state index contributed by atoms with van der Waals surface area (Å²) in [6.07, 6.45) is 0.460. The van der Waals surface area contributed by atoms with E-state index in [0.717, 1.165) is 0 Å². The fourth-order valence-electron chi connectivity index (χ4n) is 0.632. The van der Waals surface area contributed by atoms with Crippen molar-refractivity contribution in [3.05, 3.63) is 0 Å². The predicted octanol–water partition coefficient (Wildman–Crippen LogP) is 0.177. The van der Waals surface area contributed by atoms with Crippen molar-refractivity contribution in [2.45, 2.75) is 38.5 Å². The van der Waals surface area contributed by atoms with Gasteiger partial charge >= 0.3 is 5.97 Å². The molecule has 0 aromatic rings. The highest BCUT2D eigenvalue weighted by atomic mass is 32.2. The van der Waals surface area contributed by atoms with E-state index in [-0.39, 0.29) is 0 Å². The summed E-state index contributed by atoms with van der Waals surface area (Å²) in [6, 6.07) is -1.07. The highest BCUT2D eigenvalue weighted by Gasteiger charge is 2.23. The van der Waals surface area contributed by atoms with Gasteiger partial charge in [-0.15, -0.1) is 0 Å². The lowest BCUT2D eigenvalue weighted by Crippen LogP contribution is -2.42. The van der Waals surface area contributed by atoms with Crippen LogP contribution in [-0.2, 0) is 14.8 Å². The van der Waals surface area contributed by atoms with Gasteiger partial charge < -0.3 is 5.11 Å². The van der Waals surface area contributed by atoms with E-state index in [2.05, 4.69) is 4.72 Å². The van der Waals surface area contributed by atoms with Gasteiger partial charge in [0.2, 0.25) is 10.0 Å². The molecule has 2 unspecified atom stereocenters. The normalized spacial score (nSPS) is 16.5. The van der Waals surface area contributed by atoms with Crippen LogP contribution in [0.1, 0.15) is 27.2 Å². The van der Waals surface area contributed by atoms with Crippen LogP contribution in [0.15, 0.2) is 0 Å². The van der Waals surface area contributed by atoms with Gasteiger partial charge in [0.05, 0.1) is 5.25 Å². The van der Waals surface area contributed by atoms with Crippen molar-refractivity contribution in [2.24, 2.45) is 0 Å². The highest BCUT2D eigenvalue weighted by molar-refractivity contribution is 7.90. The molecule has 78 valence electrons. The quantitative estimate of drug-likeness (QED) is 0.676. The minimum atomic E-state index is -3.49. The molecule has 0 saturated carbocycles. The molecule has 13 heavy (non-hydrogen) atoms. The number of carbonyl (C=O) groups is 1. The molecule has 0 spiro atoms. The Kier molecular flexibility index (Phi) is 4.35. The molecular weight excluding hydrogens is 194 g/mol. The van der Waals surface area contributed by atoms with E-state index in [1.807, 2.05) is 0 Å². The van der Waals surface area contributed by atoms with Gasteiger partial charge in [-0.05, 0) is 20.3 Å². The molecule has 0 radical (unpaired) electrons. The Hall–Kier alpha value is -0.620. The van der Waals surface area contributed by atoms with E-state index in [1.165, 1.54) is 13.8 Å². The summed E-state index contributed by atoms with van der Waals surface area (Å²) >= 11 is 0. The van der Waals surface area contributed by atoms with Crippen LogP contribution in [0.5, 0.6) is 0 Å². The number of hydrogen-bond donors (Lipinski definition) is 2. The van der Waals surface area contributed by atoms with Gasteiger partial charge in [-0.3, -0.25) is 4.79 Å². The molecule has 0 aromatic carbocycles. The molecule has 5 nitrogen and oxygen atoms in total. The molecule has 0 aliphatic rings. The van der Waals surface area contributed by atoms with Crippen molar-refractivity contribution in [1.29, 1.82) is 0 Å². The third kappa shape index (κ3) is 3.73. The predicted molar refractivity (Wildman–Crippen MR) is 48.9 cm³/mol. The summed E-state index contributed by atoms with van der Waals surface area (Å²) in [6.45, 7) is 4.56. The van der Waals surface area contributed by atoms with Gasteiger partial charge in [0.25, 0.3) is 0 Å². The maximum Gasteiger partial charge on any atom is 0.321 e. The molecule has 0 aliphatic heterocycles. The number of nitrogens with one attached hydrogen (secondary N) is 1. The molecule has 0 rings (SSSR count). The zero-order chi connectivity index (χ0) is 10.6. The molecule has 6 heteroatoms. The lowest BCUT2D eigenvalue weighted by Gasteiger charge is -2.14. The summed E-state index contributed by atoms with van der Waals surface area (Å²) in [7, 11) is -3.49. The third-order valence-electron chi connectivity index (χ3n) is 1.82. The minimum absolute atomic E-state index is 0.460. The van der Waals surface area contributed by atoms with Crippen LogP contribution in [-0.4, -0.2) is 30.8 Å². The van der Waals surface area contributed by atoms with Crippen molar-refractivity contribution in [1.82, 2.24) is 4.72 Å². The zero-order valence-electron chi connectivity index (χ0n) is 7.94. The number of hydrogen-bond acceptors (Lipinski definition) is 3. The van der Waals surface area contributed by atoms with Gasteiger partial charge in [0.15, 0.2) is 0 Å². The van der Waals surface area contributed by atoms with Crippen LogP contribution < -0.4 is 4.72 Å². The zero-order valence-corrected chi connectivity index (χ0v) is 8.76. The van der Waals surface area contributed by atoms with Crippen LogP contribution in [0.2, 0.25) is 0 Å². The van der Waals surface area contributed by atoms with E-state index >= 15 is 0 Å². The molecular formula is C7H15NO4S. The first-order chi connectivity index (χ1) is 5.81. The lowest BCUT2D eigenvalue weighted by molar-refractivity contribution is -0.138. The van der Waals surface area contributed by atoms with E-state index in [1.54, 1.807) is 6.92 Å². The van der Waals surface area contributed by atoms with Gasteiger partial charge in [-0.25, -0.2) is 13.1 Å². The maximum absolute atomic E-state index is 11.3. The molecule has 0 amide bonds. The van der Waals surface area contributed by atoms with E-state index in [4.69, 9.17) is 5.11 Å². The first-order valence-corrected chi connectivity index (χ1v) is 5.59. The number of rotatable bonds is 5. The Bertz CT molecular complexity index is 272. The molecule has 0 fully saturated rings. The highest BCUT2D eigenvalue weighted by Crippen LogP contribution is 2.03. The largest absolute Gasteiger partial charge is 0.480 e. The summed E-state index contributed by atoms with van der Waals surface area (Å²) < 4.78 is 24.7. The molecule has 2 atom stereocenters. The number of carboxylic acid groups (broad SMARTS) is 1. The standard InChI is InChI=1S/C7H15NO4S/c1-4-5(2)13(11,12)8-6(3)7(9)10/h5-6,8H,4H2,1-3H3,(H,9,10). The van der Waals surface area contributed by atoms with Crippen molar-refractivity contribution >= 4 is 16.0 Å². The van der Waals surface area contributed by atoms with Crippen LogP contribution in [0.4, 0.5) is 0 Å². The molecule has 0 aromatic heterocycles. The minimum Gasteiger partial charge on any atom is -0.480 e. The first kappa shape index (κ1) is 12.4. The van der Waals surface area contributed by atoms with E-state index in [0.29, 0.717) is 6.42 Å². The fraction of sp³-hybridized carbons (Fsp3) is 0.857. The Labute approximate surface area is 78.2 Å². The second kappa shape index (κ2) is 4.57. The van der Waals surface area contributed by atoms with E-state index in [9.17, 15) is 13.2 Å². The van der Waals surface area contributed by atoms with Crippen molar-refractivity contribution in [2.75, 3.05) is 0 Å². The Morgan fingerprint density at radius 1 is 1.46 bits per heavy atom. The van der Waals surface area contributed by atoms with Gasteiger partial charge in [0.1, 0.15) is 6.04 Å². The SMILES string of the molecule is CCC(C)S(=O)(=O)NC(C)C(=O)O. The van der Waals surface area contributed by atoms with Gasteiger partial charge in [-0.2, -0.15) is 0 Å². The number of aliphatic carboxylic acids is 1. The van der Waals surface area contributed by atoms with Gasteiger partial charge in [0, 0.05) is 0 Å². The molecule has 0 bridgehead atoms. The first-order valence-electron chi connectivity index (χ1n) is 4.05.